The summed E-state index contributed by atoms with van der Waals surface area (Å²) >= 11 is 0. The minimum atomic E-state index is -0.293. The van der Waals surface area contributed by atoms with Crippen LogP contribution >= 0.6 is 0 Å². The fraction of sp³-hybridized carbons (Fsp3) is 0.333. The molecule has 0 spiro atoms. The van der Waals surface area contributed by atoms with Gasteiger partial charge in [0.05, 0.1) is 18.7 Å². The Morgan fingerprint density at radius 1 is 0.914 bits per heavy atom. The van der Waals surface area contributed by atoms with Crippen molar-refractivity contribution in [2.45, 2.75) is 13.3 Å². The zero-order chi connectivity index (χ0) is 24.4. The summed E-state index contributed by atoms with van der Waals surface area (Å²) < 4.78 is 5.21. The van der Waals surface area contributed by atoms with Gasteiger partial charge < -0.3 is 19.4 Å². The second-order valence-electron chi connectivity index (χ2n) is 9.06. The molecule has 5 rings (SSSR count). The summed E-state index contributed by atoms with van der Waals surface area (Å²) in [4.78, 5) is 31.5. The molecule has 2 aromatic carbocycles. The van der Waals surface area contributed by atoms with Gasteiger partial charge in [-0.2, -0.15) is 0 Å². The van der Waals surface area contributed by atoms with Gasteiger partial charge in [0.2, 0.25) is 11.8 Å². The Balaban J connectivity index is 1.17. The third-order valence-electron chi connectivity index (χ3n) is 6.77. The number of benzene rings is 2. The smallest absolute Gasteiger partial charge is 0.228 e. The first kappa shape index (κ1) is 22.8. The number of methoxy groups -OCH3 is 1. The summed E-state index contributed by atoms with van der Waals surface area (Å²) in [5.74, 6) is 1.39. The molecular formula is C27H29N5O3. The Morgan fingerprint density at radius 2 is 1.63 bits per heavy atom. The second-order valence-corrected chi connectivity index (χ2v) is 9.06. The molecule has 35 heavy (non-hydrogen) atoms. The number of nitrogens with zero attached hydrogens (tertiary/aromatic N) is 5. The monoisotopic (exact) mass is 471 g/mol. The van der Waals surface area contributed by atoms with Crippen molar-refractivity contribution in [3.63, 3.8) is 0 Å². The topological polar surface area (TPSA) is 78.9 Å². The van der Waals surface area contributed by atoms with Crippen molar-refractivity contribution in [2.24, 2.45) is 5.92 Å². The number of anilines is 2. The van der Waals surface area contributed by atoms with Crippen molar-refractivity contribution in [2.75, 3.05) is 49.6 Å². The predicted molar refractivity (Wildman–Crippen MR) is 134 cm³/mol. The molecule has 2 aliphatic heterocycles. The highest BCUT2D eigenvalue weighted by atomic mass is 16.5. The lowest BCUT2D eigenvalue weighted by atomic mass is 10.1. The zero-order valence-corrected chi connectivity index (χ0v) is 20.1. The average molecular weight is 472 g/mol. The van der Waals surface area contributed by atoms with E-state index in [4.69, 9.17) is 4.74 Å². The van der Waals surface area contributed by atoms with E-state index in [0.29, 0.717) is 32.7 Å². The van der Waals surface area contributed by atoms with Gasteiger partial charge in [-0.05, 0) is 55.5 Å². The summed E-state index contributed by atoms with van der Waals surface area (Å²) in [6.45, 7) is 5.04. The molecule has 8 heteroatoms. The Labute approximate surface area is 205 Å². The molecule has 2 aliphatic rings. The van der Waals surface area contributed by atoms with E-state index in [0.717, 1.165) is 34.1 Å². The molecular weight excluding hydrogens is 442 g/mol. The molecule has 0 radical (unpaired) electrons. The maximum atomic E-state index is 13.2. The van der Waals surface area contributed by atoms with E-state index in [-0.39, 0.29) is 24.2 Å². The van der Waals surface area contributed by atoms with Crippen molar-refractivity contribution in [3.05, 3.63) is 66.2 Å². The van der Waals surface area contributed by atoms with Gasteiger partial charge in [0.1, 0.15) is 5.75 Å². The Hall–Kier alpha value is -3.94. The van der Waals surface area contributed by atoms with E-state index in [1.807, 2.05) is 72.5 Å². The van der Waals surface area contributed by atoms with Gasteiger partial charge >= 0.3 is 0 Å². The Morgan fingerprint density at radius 3 is 2.26 bits per heavy atom. The summed E-state index contributed by atoms with van der Waals surface area (Å²) in [6, 6.07) is 19.5. The molecule has 0 N–H and O–H groups in total. The molecule has 1 aromatic heterocycles. The van der Waals surface area contributed by atoms with Crippen LogP contribution in [0.25, 0.3) is 11.3 Å². The molecule has 0 bridgehead atoms. The number of carbonyl (C=O) groups excluding carboxylic acids is 2. The maximum Gasteiger partial charge on any atom is 0.228 e. The first-order valence-corrected chi connectivity index (χ1v) is 11.9. The van der Waals surface area contributed by atoms with Gasteiger partial charge in [0.15, 0.2) is 5.82 Å². The van der Waals surface area contributed by atoms with Crippen LogP contribution in [0.1, 0.15) is 12.0 Å². The number of carbonyl (C=O) groups is 2. The van der Waals surface area contributed by atoms with E-state index >= 15 is 0 Å². The van der Waals surface area contributed by atoms with Crippen LogP contribution in [-0.2, 0) is 9.59 Å². The molecule has 3 heterocycles. The maximum absolute atomic E-state index is 13.2. The van der Waals surface area contributed by atoms with E-state index in [1.165, 1.54) is 0 Å². The van der Waals surface area contributed by atoms with Crippen LogP contribution in [-0.4, -0.2) is 66.7 Å². The quantitative estimate of drug-likeness (QED) is 0.569. The molecule has 1 atom stereocenters. The molecule has 2 fully saturated rings. The predicted octanol–water partition coefficient (Wildman–Crippen LogP) is 3.16. The number of hydrogen-bond acceptors (Lipinski definition) is 6. The first-order valence-electron chi connectivity index (χ1n) is 11.9. The molecule has 2 amide bonds. The summed E-state index contributed by atoms with van der Waals surface area (Å²) in [5, 5.41) is 8.81. The van der Waals surface area contributed by atoms with Gasteiger partial charge in [-0.1, -0.05) is 17.7 Å². The minimum Gasteiger partial charge on any atom is -0.497 e. The Kier molecular flexibility index (Phi) is 6.35. The molecule has 8 nitrogen and oxygen atoms in total. The van der Waals surface area contributed by atoms with E-state index in [1.54, 1.807) is 12.0 Å². The van der Waals surface area contributed by atoms with Crippen LogP contribution in [0, 0.1) is 12.8 Å². The third-order valence-corrected chi connectivity index (χ3v) is 6.77. The molecule has 2 saturated heterocycles. The second kappa shape index (κ2) is 9.74. The lowest BCUT2D eigenvalue weighted by Gasteiger charge is -2.36. The van der Waals surface area contributed by atoms with E-state index < -0.39 is 0 Å². The molecule has 180 valence electrons. The van der Waals surface area contributed by atoms with E-state index in [2.05, 4.69) is 15.1 Å². The van der Waals surface area contributed by atoms with E-state index in [9.17, 15) is 9.59 Å². The van der Waals surface area contributed by atoms with Crippen LogP contribution in [0.5, 0.6) is 5.75 Å². The Bertz CT molecular complexity index is 1190. The summed E-state index contributed by atoms with van der Waals surface area (Å²) in [6.07, 6.45) is 0.269. The van der Waals surface area contributed by atoms with Crippen LogP contribution in [0.2, 0.25) is 0 Å². The van der Waals surface area contributed by atoms with Crippen molar-refractivity contribution in [3.8, 4) is 17.0 Å². The van der Waals surface area contributed by atoms with Gasteiger partial charge in [-0.25, -0.2) is 0 Å². The fourth-order valence-electron chi connectivity index (χ4n) is 4.67. The normalized spacial score (nSPS) is 18.2. The number of hydrogen-bond donors (Lipinski definition) is 0. The highest BCUT2D eigenvalue weighted by Gasteiger charge is 2.38. The summed E-state index contributed by atoms with van der Waals surface area (Å²) in [5.41, 5.74) is 3.78. The minimum absolute atomic E-state index is 0.0121. The highest BCUT2D eigenvalue weighted by molar-refractivity contribution is 6.00. The van der Waals surface area contributed by atoms with Crippen LogP contribution in [0.4, 0.5) is 11.5 Å². The average Bonchev–Trinajstić information content (AvgIpc) is 3.30. The number of piperazine rings is 1. The van der Waals surface area contributed by atoms with Gasteiger partial charge in [-0.3, -0.25) is 9.59 Å². The molecule has 3 aromatic rings. The largest absolute Gasteiger partial charge is 0.497 e. The van der Waals surface area contributed by atoms with Gasteiger partial charge in [0.25, 0.3) is 0 Å². The molecule has 1 unspecified atom stereocenters. The van der Waals surface area contributed by atoms with Crippen LogP contribution in [0.15, 0.2) is 60.7 Å². The lowest BCUT2D eigenvalue weighted by molar-refractivity contribution is -0.136. The van der Waals surface area contributed by atoms with Crippen molar-refractivity contribution < 1.29 is 14.3 Å². The van der Waals surface area contributed by atoms with Gasteiger partial charge in [-0.15, -0.1) is 10.2 Å². The van der Waals surface area contributed by atoms with Crippen LogP contribution in [0.3, 0.4) is 0 Å². The van der Waals surface area contributed by atoms with Crippen LogP contribution < -0.4 is 14.5 Å². The molecule has 0 saturated carbocycles. The number of aryl methyl sites for hydroxylation is 1. The standard InChI is InChI=1S/C27H29N5O3/c1-19-3-7-22(8-4-19)32-18-21(17-26(32)33)27(34)31-15-13-30(14-16-31)25-12-11-24(28-29-25)20-5-9-23(35-2)10-6-20/h3-12,21H,13-18H2,1-2H3. The highest BCUT2D eigenvalue weighted by Crippen LogP contribution is 2.27. The number of aromatic nitrogens is 2. The third kappa shape index (κ3) is 4.82. The van der Waals surface area contributed by atoms with Gasteiger partial charge in [0, 0.05) is 50.4 Å². The van der Waals surface area contributed by atoms with Crippen molar-refractivity contribution >= 4 is 23.3 Å². The number of amides is 2. The van der Waals surface area contributed by atoms with Crippen molar-refractivity contribution in [1.82, 2.24) is 15.1 Å². The first-order chi connectivity index (χ1) is 17.0. The van der Waals surface area contributed by atoms with Crippen molar-refractivity contribution in [1.29, 1.82) is 0 Å². The number of rotatable bonds is 5. The number of ether oxygens (including phenoxy) is 1. The summed E-state index contributed by atoms with van der Waals surface area (Å²) in [7, 11) is 1.64. The SMILES string of the molecule is COc1ccc(-c2ccc(N3CCN(C(=O)C4CC(=O)N(c5ccc(C)cc5)C4)CC3)nn2)cc1. The zero-order valence-electron chi connectivity index (χ0n) is 20.1. The lowest BCUT2D eigenvalue weighted by Crippen LogP contribution is -2.51. The fourth-order valence-corrected chi connectivity index (χ4v) is 4.67. The molecule has 0 aliphatic carbocycles.